The number of aromatic nitrogens is 3. The number of carbonyl (C=O) groups excluding carboxylic acids is 2. The summed E-state index contributed by atoms with van der Waals surface area (Å²) in [5, 5.41) is 3.34. The van der Waals surface area contributed by atoms with Crippen molar-refractivity contribution in [2.24, 2.45) is 23.8 Å². The van der Waals surface area contributed by atoms with E-state index in [-0.39, 0.29) is 46.2 Å². The standard InChI is InChI=1S/C27H41N5O3/c1-26(2,3)16-32-20-10-9-19(28-23(20)31(7)25(32)35)17-12-13-27(4,5)21(14-17)29-24(34)18-8-11-22(33)30(6)15-18/h9-10,17-18,21H,8,11-16H2,1-7H3,(H,29,34). The normalized spacial score (nSPS) is 25.2. The minimum atomic E-state index is -0.152. The van der Waals surface area contributed by atoms with Crippen molar-refractivity contribution in [1.29, 1.82) is 0 Å². The molecule has 1 saturated heterocycles. The minimum absolute atomic E-state index is 0.0163. The van der Waals surface area contributed by atoms with Gasteiger partial charge in [0.1, 0.15) is 0 Å². The molecule has 1 N–H and O–H groups in total. The lowest BCUT2D eigenvalue weighted by Gasteiger charge is -2.43. The Balaban J connectivity index is 1.55. The van der Waals surface area contributed by atoms with Crippen LogP contribution in [0.25, 0.3) is 11.2 Å². The molecular weight excluding hydrogens is 442 g/mol. The lowest BCUT2D eigenvalue weighted by Crippen LogP contribution is -2.52. The second kappa shape index (κ2) is 9.10. The summed E-state index contributed by atoms with van der Waals surface area (Å²) in [6.07, 6.45) is 3.84. The first-order valence-corrected chi connectivity index (χ1v) is 12.9. The topological polar surface area (TPSA) is 89.2 Å². The highest BCUT2D eigenvalue weighted by molar-refractivity contribution is 5.84. The van der Waals surface area contributed by atoms with Crippen molar-refractivity contribution in [3.05, 3.63) is 28.3 Å². The number of imidazole rings is 1. The lowest BCUT2D eigenvalue weighted by molar-refractivity contribution is -0.137. The first-order chi connectivity index (χ1) is 16.3. The van der Waals surface area contributed by atoms with Crippen LogP contribution in [0.15, 0.2) is 16.9 Å². The van der Waals surface area contributed by atoms with Crippen molar-refractivity contribution >= 4 is 23.0 Å². The molecule has 4 rings (SSSR count). The van der Waals surface area contributed by atoms with Gasteiger partial charge in [0.05, 0.1) is 11.4 Å². The molecule has 3 unspecified atom stereocenters. The van der Waals surface area contributed by atoms with Crippen LogP contribution in [0.5, 0.6) is 0 Å². The van der Waals surface area contributed by atoms with E-state index in [1.54, 1.807) is 23.6 Å². The van der Waals surface area contributed by atoms with Crippen LogP contribution < -0.4 is 11.0 Å². The molecule has 3 heterocycles. The summed E-state index contributed by atoms with van der Waals surface area (Å²) in [4.78, 5) is 44.5. The predicted octanol–water partition coefficient (Wildman–Crippen LogP) is 3.43. The van der Waals surface area contributed by atoms with Gasteiger partial charge in [-0.2, -0.15) is 0 Å². The molecule has 35 heavy (non-hydrogen) atoms. The number of rotatable bonds is 4. The smallest absolute Gasteiger partial charge is 0.330 e. The van der Waals surface area contributed by atoms with E-state index in [4.69, 9.17) is 4.98 Å². The minimum Gasteiger partial charge on any atom is -0.353 e. The number of hydrogen-bond donors (Lipinski definition) is 1. The molecule has 1 saturated carbocycles. The molecular formula is C27H41N5O3. The van der Waals surface area contributed by atoms with Crippen LogP contribution in [0, 0.1) is 16.7 Å². The van der Waals surface area contributed by atoms with Gasteiger partial charge in [-0.3, -0.25) is 18.7 Å². The van der Waals surface area contributed by atoms with Crippen LogP contribution in [0.2, 0.25) is 0 Å². The first kappa shape index (κ1) is 25.5. The van der Waals surface area contributed by atoms with Crippen molar-refractivity contribution in [3.63, 3.8) is 0 Å². The van der Waals surface area contributed by atoms with Crippen molar-refractivity contribution in [1.82, 2.24) is 24.3 Å². The molecule has 2 fully saturated rings. The number of fused-ring (bicyclic) bond motifs is 1. The molecule has 0 radical (unpaired) electrons. The quantitative estimate of drug-likeness (QED) is 0.722. The fraction of sp³-hybridized carbons (Fsp3) is 0.704. The fourth-order valence-corrected chi connectivity index (χ4v) is 5.62. The van der Waals surface area contributed by atoms with E-state index in [0.717, 1.165) is 36.1 Å². The largest absolute Gasteiger partial charge is 0.353 e. The molecule has 1 aliphatic carbocycles. The van der Waals surface area contributed by atoms with Crippen LogP contribution in [0.1, 0.15) is 78.3 Å². The van der Waals surface area contributed by atoms with Gasteiger partial charge < -0.3 is 10.2 Å². The van der Waals surface area contributed by atoms with E-state index < -0.39 is 0 Å². The summed E-state index contributed by atoms with van der Waals surface area (Å²) in [6, 6.07) is 4.13. The van der Waals surface area contributed by atoms with Crippen LogP contribution in [-0.2, 0) is 23.2 Å². The average Bonchev–Trinajstić information content (AvgIpc) is 3.00. The molecule has 0 bridgehead atoms. The molecule has 1 aliphatic heterocycles. The summed E-state index contributed by atoms with van der Waals surface area (Å²) in [7, 11) is 3.56. The van der Waals surface area contributed by atoms with E-state index >= 15 is 0 Å². The highest BCUT2D eigenvalue weighted by atomic mass is 16.2. The number of carbonyl (C=O) groups is 2. The SMILES string of the molecule is CN1CC(C(=O)NC2CC(c3ccc4c(n3)n(C)c(=O)n4CC(C)(C)C)CCC2(C)C)CCC1=O. The van der Waals surface area contributed by atoms with Crippen LogP contribution in [0.4, 0.5) is 0 Å². The number of pyridine rings is 1. The molecule has 0 spiro atoms. The number of amides is 2. The van der Waals surface area contributed by atoms with Crippen molar-refractivity contribution < 1.29 is 9.59 Å². The molecule has 192 valence electrons. The third-order valence-electron chi connectivity index (χ3n) is 7.97. The van der Waals surface area contributed by atoms with Gasteiger partial charge in [-0.1, -0.05) is 34.6 Å². The first-order valence-electron chi connectivity index (χ1n) is 12.9. The number of nitrogens with one attached hydrogen (secondary N) is 1. The molecule has 2 aromatic rings. The summed E-state index contributed by atoms with van der Waals surface area (Å²) in [5.41, 5.74) is 2.50. The van der Waals surface area contributed by atoms with Gasteiger partial charge >= 0.3 is 5.69 Å². The van der Waals surface area contributed by atoms with E-state index in [2.05, 4.69) is 46.0 Å². The second-order valence-corrected chi connectivity index (χ2v) is 12.6. The van der Waals surface area contributed by atoms with Crippen LogP contribution in [-0.4, -0.2) is 50.5 Å². The molecule has 2 aliphatic rings. The van der Waals surface area contributed by atoms with Gasteiger partial charge in [-0.05, 0) is 48.6 Å². The zero-order valence-electron chi connectivity index (χ0n) is 22.4. The summed E-state index contributed by atoms with van der Waals surface area (Å²) < 4.78 is 3.47. The Morgan fingerprint density at radius 3 is 2.54 bits per heavy atom. The fourth-order valence-electron chi connectivity index (χ4n) is 5.62. The number of aryl methyl sites for hydroxylation is 1. The lowest BCUT2D eigenvalue weighted by atomic mass is 9.68. The molecule has 2 aromatic heterocycles. The molecule has 8 heteroatoms. The Kier molecular flexibility index (Phi) is 6.62. The van der Waals surface area contributed by atoms with Gasteiger partial charge in [0.25, 0.3) is 0 Å². The third kappa shape index (κ3) is 5.16. The average molecular weight is 484 g/mol. The van der Waals surface area contributed by atoms with Gasteiger partial charge in [0.15, 0.2) is 5.65 Å². The van der Waals surface area contributed by atoms with Gasteiger partial charge in [-0.15, -0.1) is 0 Å². The summed E-state index contributed by atoms with van der Waals surface area (Å²) in [6.45, 7) is 11.9. The van der Waals surface area contributed by atoms with E-state index in [1.165, 1.54) is 0 Å². The second-order valence-electron chi connectivity index (χ2n) is 12.6. The Morgan fingerprint density at radius 1 is 1.17 bits per heavy atom. The molecule has 2 amide bonds. The van der Waals surface area contributed by atoms with Gasteiger partial charge in [-0.25, -0.2) is 9.78 Å². The Labute approximate surface area is 208 Å². The Hall–Kier alpha value is -2.64. The monoisotopic (exact) mass is 483 g/mol. The van der Waals surface area contributed by atoms with E-state index in [0.29, 0.717) is 25.9 Å². The molecule has 3 atom stereocenters. The zero-order valence-corrected chi connectivity index (χ0v) is 22.4. The van der Waals surface area contributed by atoms with Gasteiger partial charge in [0, 0.05) is 51.3 Å². The number of likely N-dealkylation sites (tertiary alicyclic amines) is 1. The number of nitrogens with zero attached hydrogens (tertiary/aromatic N) is 4. The highest BCUT2D eigenvalue weighted by Gasteiger charge is 2.40. The highest BCUT2D eigenvalue weighted by Crippen LogP contribution is 2.42. The Morgan fingerprint density at radius 2 is 1.89 bits per heavy atom. The predicted molar refractivity (Wildman–Crippen MR) is 137 cm³/mol. The summed E-state index contributed by atoms with van der Waals surface area (Å²) in [5.74, 6) is 0.224. The zero-order chi connectivity index (χ0) is 25.7. The number of hydrogen-bond acceptors (Lipinski definition) is 4. The number of piperidine rings is 1. The van der Waals surface area contributed by atoms with Crippen molar-refractivity contribution in [2.75, 3.05) is 13.6 Å². The molecule has 0 aromatic carbocycles. The van der Waals surface area contributed by atoms with Gasteiger partial charge in [0.2, 0.25) is 11.8 Å². The molecule has 8 nitrogen and oxygen atoms in total. The Bertz CT molecular complexity index is 1190. The van der Waals surface area contributed by atoms with Crippen LogP contribution >= 0.6 is 0 Å². The van der Waals surface area contributed by atoms with Crippen molar-refractivity contribution in [2.45, 2.75) is 85.2 Å². The maximum atomic E-state index is 13.1. The maximum absolute atomic E-state index is 13.1. The summed E-state index contributed by atoms with van der Waals surface area (Å²) >= 11 is 0. The van der Waals surface area contributed by atoms with Crippen LogP contribution in [0.3, 0.4) is 0 Å². The van der Waals surface area contributed by atoms with E-state index in [9.17, 15) is 14.4 Å². The van der Waals surface area contributed by atoms with E-state index in [1.807, 2.05) is 10.6 Å². The third-order valence-corrected chi connectivity index (χ3v) is 7.97. The van der Waals surface area contributed by atoms with Crippen molar-refractivity contribution in [3.8, 4) is 0 Å². The maximum Gasteiger partial charge on any atom is 0.330 e.